The molecule has 1 aromatic heterocycles. The number of hydrogen-bond acceptors (Lipinski definition) is 4. The Bertz CT molecular complexity index is 726. The van der Waals surface area contributed by atoms with E-state index in [1.807, 2.05) is 17.0 Å². The van der Waals surface area contributed by atoms with Gasteiger partial charge in [0.05, 0.1) is 0 Å². The van der Waals surface area contributed by atoms with Gasteiger partial charge in [-0.15, -0.1) is 0 Å². The number of likely N-dealkylation sites (tertiary alicyclic amines) is 1. The first-order valence-corrected chi connectivity index (χ1v) is 9.63. The Morgan fingerprint density at radius 2 is 1.85 bits per heavy atom. The highest BCUT2D eigenvalue weighted by Crippen LogP contribution is 2.23. The monoisotopic (exact) mass is 355 g/mol. The van der Waals surface area contributed by atoms with E-state index in [1.54, 1.807) is 0 Å². The molecule has 26 heavy (non-hydrogen) atoms. The smallest absolute Gasteiger partial charge is 0.227 e. The summed E-state index contributed by atoms with van der Waals surface area (Å²) in [4.78, 5) is 18.9. The van der Waals surface area contributed by atoms with Gasteiger partial charge in [-0.2, -0.15) is 4.98 Å². The molecule has 0 spiro atoms. The molecule has 0 radical (unpaired) electrons. The van der Waals surface area contributed by atoms with Crippen LogP contribution in [0.5, 0.6) is 0 Å². The zero-order valence-corrected chi connectivity index (χ0v) is 16.2. The van der Waals surface area contributed by atoms with Gasteiger partial charge in [0, 0.05) is 31.5 Å². The Morgan fingerprint density at radius 3 is 2.46 bits per heavy atom. The molecule has 5 nitrogen and oxygen atoms in total. The molecule has 1 amide bonds. The SMILES string of the molecule is CC1CC(C)CN(C(=O)CCc2nc(-c3ccc(C(C)C)cc3)no2)C1. The Balaban J connectivity index is 1.57. The molecule has 1 aliphatic heterocycles. The lowest BCUT2D eigenvalue weighted by Crippen LogP contribution is -2.42. The molecular formula is C21H29N3O2. The van der Waals surface area contributed by atoms with E-state index in [1.165, 1.54) is 12.0 Å². The lowest BCUT2D eigenvalue weighted by atomic mass is 9.91. The molecule has 2 heterocycles. The highest BCUT2D eigenvalue weighted by Gasteiger charge is 2.25. The third kappa shape index (κ3) is 4.51. The molecule has 3 rings (SSSR count). The van der Waals surface area contributed by atoms with Gasteiger partial charge in [0.25, 0.3) is 0 Å². The molecule has 1 saturated heterocycles. The number of aromatic nitrogens is 2. The van der Waals surface area contributed by atoms with Gasteiger partial charge < -0.3 is 9.42 Å². The van der Waals surface area contributed by atoms with Gasteiger partial charge in [-0.05, 0) is 29.7 Å². The fraction of sp³-hybridized carbons (Fsp3) is 0.571. The van der Waals surface area contributed by atoms with E-state index in [-0.39, 0.29) is 5.91 Å². The summed E-state index contributed by atoms with van der Waals surface area (Å²) in [5, 5.41) is 4.06. The molecule has 1 fully saturated rings. The van der Waals surface area contributed by atoms with E-state index in [4.69, 9.17) is 4.52 Å². The quantitative estimate of drug-likeness (QED) is 0.802. The fourth-order valence-corrected chi connectivity index (χ4v) is 3.73. The van der Waals surface area contributed by atoms with Crippen molar-refractivity contribution in [3.8, 4) is 11.4 Å². The van der Waals surface area contributed by atoms with Gasteiger partial charge in [-0.25, -0.2) is 0 Å². The summed E-state index contributed by atoms with van der Waals surface area (Å²) in [7, 11) is 0. The van der Waals surface area contributed by atoms with E-state index >= 15 is 0 Å². The first kappa shape index (κ1) is 18.6. The lowest BCUT2D eigenvalue weighted by molar-refractivity contribution is -0.133. The molecule has 0 saturated carbocycles. The molecule has 5 heteroatoms. The van der Waals surface area contributed by atoms with Crippen LogP contribution in [0.2, 0.25) is 0 Å². The zero-order chi connectivity index (χ0) is 18.7. The molecule has 1 aliphatic rings. The van der Waals surface area contributed by atoms with Crippen LogP contribution in [0.1, 0.15) is 57.9 Å². The zero-order valence-electron chi connectivity index (χ0n) is 16.2. The van der Waals surface area contributed by atoms with Crippen molar-refractivity contribution in [2.45, 2.75) is 52.9 Å². The molecule has 2 aromatic rings. The van der Waals surface area contributed by atoms with Crippen LogP contribution in [0, 0.1) is 11.8 Å². The minimum atomic E-state index is 0.185. The summed E-state index contributed by atoms with van der Waals surface area (Å²) < 4.78 is 5.34. The van der Waals surface area contributed by atoms with Gasteiger partial charge in [0.15, 0.2) is 0 Å². The van der Waals surface area contributed by atoms with Crippen LogP contribution < -0.4 is 0 Å². The average Bonchev–Trinajstić information content (AvgIpc) is 3.08. The summed E-state index contributed by atoms with van der Waals surface area (Å²) >= 11 is 0. The molecule has 0 bridgehead atoms. The van der Waals surface area contributed by atoms with Crippen molar-refractivity contribution in [2.24, 2.45) is 11.8 Å². The fourth-order valence-electron chi connectivity index (χ4n) is 3.73. The van der Waals surface area contributed by atoms with Crippen LogP contribution in [0.4, 0.5) is 0 Å². The minimum Gasteiger partial charge on any atom is -0.342 e. The van der Waals surface area contributed by atoms with Crippen LogP contribution in [0.3, 0.4) is 0 Å². The predicted molar refractivity (Wildman–Crippen MR) is 102 cm³/mol. The van der Waals surface area contributed by atoms with E-state index in [2.05, 4.69) is 50.0 Å². The van der Waals surface area contributed by atoms with Crippen LogP contribution in [-0.4, -0.2) is 34.0 Å². The van der Waals surface area contributed by atoms with E-state index in [9.17, 15) is 4.79 Å². The number of carbonyl (C=O) groups is 1. The highest BCUT2D eigenvalue weighted by atomic mass is 16.5. The Kier molecular flexibility index (Phi) is 5.74. The number of piperidine rings is 1. The standard InChI is InChI=1S/C21H29N3O2/c1-14(2)17-5-7-18(8-6-17)21-22-19(26-23-21)9-10-20(25)24-12-15(3)11-16(4)13-24/h5-8,14-16H,9-13H2,1-4H3. The van der Waals surface area contributed by atoms with Crippen molar-refractivity contribution in [2.75, 3.05) is 13.1 Å². The maximum Gasteiger partial charge on any atom is 0.227 e. The molecule has 0 aliphatic carbocycles. The number of carbonyl (C=O) groups excluding carboxylic acids is 1. The minimum absolute atomic E-state index is 0.185. The van der Waals surface area contributed by atoms with Gasteiger partial charge in [0.2, 0.25) is 17.6 Å². The molecule has 2 unspecified atom stereocenters. The van der Waals surface area contributed by atoms with Gasteiger partial charge in [-0.3, -0.25) is 4.79 Å². The van der Waals surface area contributed by atoms with Crippen LogP contribution >= 0.6 is 0 Å². The van der Waals surface area contributed by atoms with Gasteiger partial charge in [-0.1, -0.05) is 57.1 Å². The Hall–Kier alpha value is -2.17. The number of amides is 1. The van der Waals surface area contributed by atoms with E-state index in [0.29, 0.717) is 42.3 Å². The lowest BCUT2D eigenvalue weighted by Gasteiger charge is -2.35. The summed E-state index contributed by atoms with van der Waals surface area (Å²) in [6, 6.07) is 8.23. The maximum absolute atomic E-state index is 12.5. The van der Waals surface area contributed by atoms with Crippen molar-refractivity contribution < 1.29 is 9.32 Å². The van der Waals surface area contributed by atoms with E-state index in [0.717, 1.165) is 18.7 Å². The average molecular weight is 355 g/mol. The third-order valence-electron chi connectivity index (χ3n) is 5.08. The summed E-state index contributed by atoms with van der Waals surface area (Å²) in [6.45, 7) is 10.5. The van der Waals surface area contributed by atoms with Crippen molar-refractivity contribution in [1.82, 2.24) is 15.0 Å². The first-order chi connectivity index (χ1) is 12.4. The summed E-state index contributed by atoms with van der Waals surface area (Å²) in [5.41, 5.74) is 2.22. The first-order valence-electron chi connectivity index (χ1n) is 9.63. The summed E-state index contributed by atoms with van der Waals surface area (Å²) in [5.74, 6) is 2.95. The third-order valence-corrected chi connectivity index (χ3v) is 5.08. The van der Waals surface area contributed by atoms with Crippen LogP contribution in [0.15, 0.2) is 28.8 Å². The Labute approximate surface area is 155 Å². The normalized spacial score (nSPS) is 20.6. The molecule has 140 valence electrons. The number of rotatable bonds is 5. The largest absolute Gasteiger partial charge is 0.342 e. The van der Waals surface area contributed by atoms with Gasteiger partial charge >= 0.3 is 0 Å². The highest BCUT2D eigenvalue weighted by molar-refractivity contribution is 5.76. The van der Waals surface area contributed by atoms with Crippen molar-refractivity contribution in [3.05, 3.63) is 35.7 Å². The van der Waals surface area contributed by atoms with Crippen molar-refractivity contribution >= 4 is 5.91 Å². The number of nitrogens with zero attached hydrogens (tertiary/aromatic N) is 3. The Morgan fingerprint density at radius 1 is 1.19 bits per heavy atom. The van der Waals surface area contributed by atoms with Crippen molar-refractivity contribution in [1.29, 1.82) is 0 Å². The van der Waals surface area contributed by atoms with E-state index < -0.39 is 0 Å². The van der Waals surface area contributed by atoms with Crippen molar-refractivity contribution in [3.63, 3.8) is 0 Å². The van der Waals surface area contributed by atoms with Crippen LogP contribution in [-0.2, 0) is 11.2 Å². The molecule has 2 atom stereocenters. The second-order valence-corrected chi connectivity index (χ2v) is 8.03. The summed E-state index contributed by atoms with van der Waals surface area (Å²) in [6.07, 6.45) is 2.12. The number of aryl methyl sites for hydroxylation is 1. The second kappa shape index (κ2) is 8.02. The van der Waals surface area contributed by atoms with Crippen LogP contribution in [0.25, 0.3) is 11.4 Å². The molecular weight excluding hydrogens is 326 g/mol. The number of hydrogen-bond donors (Lipinski definition) is 0. The predicted octanol–water partition coefficient (Wildman–Crippen LogP) is 4.30. The molecule has 1 aromatic carbocycles. The maximum atomic E-state index is 12.5. The topological polar surface area (TPSA) is 59.2 Å². The molecule has 0 N–H and O–H groups in total. The van der Waals surface area contributed by atoms with Gasteiger partial charge in [0.1, 0.15) is 0 Å². The number of benzene rings is 1. The second-order valence-electron chi connectivity index (χ2n) is 8.03.